The van der Waals surface area contributed by atoms with Crippen LogP contribution < -0.4 is 0 Å². The highest BCUT2D eigenvalue weighted by molar-refractivity contribution is 7.89. The molecule has 0 spiro atoms. The van der Waals surface area contributed by atoms with Gasteiger partial charge >= 0.3 is 0 Å². The third-order valence-corrected chi connectivity index (χ3v) is 6.94. The van der Waals surface area contributed by atoms with Gasteiger partial charge in [0, 0.05) is 26.2 Å². The van der Waals surface area contributed by atoms with E-state index in [4.69, 9.17) is 0 Å². The lowest BCUT2D eigenvalue weighted by Crippen LogP contribution is -2.50. The SMILES string of the molecule is O=C(c1cn(Cc2ccccc2)nn1)N1CCN(S(=O)(=O)c2c(F)cccc2F)CC1. The summed E-state index contributed by atoms with van der Waals surface area (Å²) >= 11 is 0. The van der Waals surface area contributed by atoms with Crippen LogP contribution in [0.5, 0.6) is 0 Å². The minimum Gasteiger partial charge on any atom is -0.335 e. The fourth-order valence-electron chi connectivity index (χ4n) is 3.40. The van der Waals surface area contributed by atoms with Gasteiger partial charge in [-0.25, -0.2) is 21.9 Å². The first-order valence-corrected chi connectivity index (χ1v) is 11.0. The maximum Gasteiger partial charge on any atom is 0.276 e. The van der Waals surface area contributed by atoms with Crippen molar-refractivity contribution in [1.82, 2.24) is 24.2 Å². The number of nitrogens with zero attached hydrogens (tertiary/aromatic N) is 5. The van der Waals surface area contributed by atoms with Crippen molar-refractivity contribution in [3.63, 3.8) is 0 Å². The molecule has 0 aliphatic carbocycles. The van der Waals surface area contributed by atoms with Gasteiger partial charge in [-0.3, -0.25) is 4.79 Å². The van der Waals surface area contributed by atoms with Gasteiger partial charge in [-0.05, 0) is 17.7 Å². The lowest BCUT2D eigenvalue weighted by atomic mass is 10.2. The zero-order valence-electron chi connectivity index (χ0n) is 16.4. The zero-order chi connectivity index (χ0) is 22.0. The van der Waals surface area contributed by atoms with Crippen molar-refractivity contribution in [1.29, 1.82) is 0 Å². The highest BCUT2D eigenvalue weighted by Crippen LogP contribution is 2.23. The van der Waals surface area contributed by atoms with Gasteiger partial charge in [0.15, 0.2) is 10.6 Å². The second-order valence-electron chi connectivity index (χ2n) is 7.03. The summed E-state index contributed by atoms with van der Waals surface area (Å²) in [5.41, 5.74) is 1.15. The lowest BCUT2D eigenvalue weighted by Gasteiger charge is -2.33. The molecule has 1 aliphatic rings. The molecule has 4 rings (SSSR count). The summed E-state index contributed by atoms with van der Waals surface area (Å²) in [6.45, 7) is 0.431. The molecule has 11 heteroatoms. The van der Waals surface area contributed by atoms with Gasteiger partial charge < -0.3 is 4.90 Å². The number of rotatable bonds is 5. The summed E-state index contributed by atoms with van der Waals surface area (Å²) < 4.78 is 55.8. The molecule has 0 bridgehead atoms. The van der Waals surface area contributed by atoms with E-state index in [1.165, 1.54) is 11.1 Å². The number of carbonyl (C=O) groups is 1. The van der Waals surface area contributed by atoms with Crippen LogP contribution in [0.3, 0.4) is 0 Å². The molecule has 162 valence electrons. The molecule has 3 aromatic rings. The van der Waals surface area contributed by atoms with E-state index in [9.17, 15) is 22.0 Å². The Morgan fingerprint density at radius 3 is 2.23 bits per heavy atom. The Morgan fingerprint density at radius 2 is 1.58 bits per heavy atom. The Kier molecular flexibility index (Phi) is 5.79. The van der Waals surface area contributed by atoms with E-state index in [2.05, 4.69) is 10.3 Å². The summed E-state index contributed by atoms with van der Waals surface area (Å²) in [7, 11) is -4.35. The molecule has 0 saturated carbocycles. The Balaban J connectivity index is 1.41. The van der Waals surface area contributed by atoms with Crippen molar-refractivity contribution in [2.24, 2.45) is 0 Å². The van der Waals surface area contributed by atoms with Crippen molar-refractivity contribution in [3.05, 3.63) is 77.6 Å². The van der Waals surface area contributed by atoms with Gasteiger partial charge in [-0.15, -0.1) is 5.10 Å². The van der Waals surface area contributed by atoms with E-state index in [1.54, 1.807) is 4.68 Å². The number of hydrogen-bond donors (Lipinski definition) is 0. The third kappa shape index (κ3) is 4.32. The van der Waals surface area contributed by atoms with Gasteiger partial charge in [0.05, 0.1) is 12.7 Å². The summed E-state index contributed by atoms with van der Waals surface area (Å²) in [6, 6.07) is 12.5. The third-order valence-electron chi connectivity index (χ3n) is 4.99. The predicted octanol–water partition coefficient (Wildman–Crippen LogP) is 1.75. The van der Waals surface area contributed by atoms with E-state index < -0.39 is 26.6 Å². The summed E-state index contributed by atoms with van der Waals surface area (Å²) in [5.74, 6) is -2.67. The predicted molar refractivity (Wildman–Crippen MR) is 107 cm³/mol. The molecule has 0 N–H and O–H groups in total. The van der Waals surface area contributed by atoms with E-state index >= 15 is 0 Å². The van der Waals surface area contributed by atoms with Crippen LogP contribution in [0.1, 0.15) is 16.1 Å². The molecular weight excluding hydrogens is 428 g/mol. The average Bonchev–Trinajstić information content (AvgIpc) is 3.22. The van der Waals surface area contributed by atoms with E-state index in [-0.39, 0.29) is 37.8 Å². The van der Waals surface area contributed by atoms with Gasteiger partial charge in [0.2, 0.25) is 10.0 Å². The maximum atomic E-state index is 14.0. The fourth-order valence-corrected chi connectivity index (χ4v) is 4.93. The summed E-state index contributed by atoms with van der Waals surface area (Å²) in [5, 5.41) is 7.89. The highest BCUT2D eigenvalue weighted by Gasteiger charge is 2.34. The second kappa shape index (κ2) is 8.52. The first kappa shape index (κ1) is 21.1. The number of amides is 1. The average molecular weight is 447 g/mol. The number of benzene rings is 2. The number of aromatic nitrogens is 3. The Labute approximate surface area is 177 Å². The van der Waals surface area contributed by atoms with Crippen LogP contribution in [0.25, 0.3) is 0 Å². The van der Waals surface area contributed by atoms with Crippen LogP contribution in [-0.2, 0) is 16.6 Å². The molecular formula is C20H19F2N5O3S. The van der Waals surface area contributed by atoms with Crippen LogP contribution in [0, 0.1) is 11.6 Å². The van der Waals surface area contributed by atoms with Crippen molar-refractivity contribution in [3.8, 4) is 0 Å². The van der Waals surface area contributed by atoms with Gasteiger partial charge in [0.1, 0.15) is 11.6 Å². The maximum absolute atomic E-state index is 14.0. The van der Waals surface area contributed by atoms with Crippen molar-refractivity contribution >= 4 is 15.9 Å². The van der Waals surface area contributed by atoms with Crippen LogP contribution in [0.15, 0.2) is 59.6 Å². The van der Waals surface area contributed by atoms with E-state index in [1.807, 2.05) is 30.3 Å². The second-order valence-corrected chi connectivity index (χ2v) is 8.91. The lowest BCUT2D eigenvalue weighted by molar-refractivity contribution is 0.0691. The molecule has 31 heavy (non-hydrogen) atoms. The monoisotopic (exact) mass is 447 g/mol. The molecule has 1 fully saturated rings. The molecule has 2 aromatic carbocycles. The number of carbonyl (C=O) groups excluding carboxylic acids is 1. The van der Waals surface area contributed by atoms with Crippen molar-refractivity contribution in [2.45, 2.75) is 11.4 Å². The van der Waals surface area contributed by atoms with E-state index in [0.717, 1.165) is 28.1 Å². The van der Waals surface area contributed by atoms with Gasteiger partial charge in [0.25, 0.3) is 5.91 Å². The van der Waals surface area contributed by atoms with Gasteiger partial charge in [-0.2, -0.15) is 4.31 Å². The summed E-state index contributed by atoms with van der Waals surface area (Å²) in [4.78, 5) is 13.2. The normalized spacial score (nSPS) is 15.2. The first-order valence-electron chi connectivity index (χ1n) is 9.54. The molecule has 8 nitrogen and oxygen atoms in total. The molecule has 0 radical (unpaired) electrons. The molecule has 1 aromatic heterocycles. The molecule has 0 unspecified atom stereocenters. The minimum absolute atomic E-state index is 0.0691. The largest absolute Gasteiger partial charge is 0.335 e. The molecule has 2 heterocycles. The van der Waals surface area contributed by atoms with Crippen molar-refractivity contribution in [2.75, 3.05) is 26.2 Å². The van der Waals surface area contributed by atoms with Crippen LogP contribution >= 0.6 is 0 Å². The van der Waals surface area contributed by atoms with Gasteiger partial charge in [-0.1, -0.05) is 41.6 Å². The van der Waals surface area contributed by atoms with E-state index in [0.29, 0.717) is 6.54 Å². The number of hydrogen-bond acceptors (Lipinski definition) is 5. The standard InChI is InChI=1S/C20H19F2N5O3S/c21-16-7-4-8-17(22)19(16)31(29,30)27-11-9-25(10-12-27)20(28)18-14-26(24-23-18)13-15-5-2-1-3-6-15/h1-8,14H,9-13H2. The van der Waals surface area contributed by atoms with Crippen LogP contribution in [0.2, 0.25) is 0 Å². The smallest absolute Gasteiger partial charge is 0.276 e. The first-order chi connectivity index (χ1) is 14.9. The molecule has 1 amide bonds. The molecule has 1 saturated heterocycles. The number of halogens is 2. The summed E-state index contributed by atoms with van der Waals surface area (Å²) in [6.07, 6.45) is 1.53. The topological polar surface area (TPSA) is 88.4 Å². The minimum atomic E-state index is -4.35. The Morgan fingerprint density at radius 1 is 0.935 bits per heavy atom. The fraction of sp³-hybridized carbons (Fsp3) is 0.250. The van der Waals surface area contributed by atoms with Crippen LogP contribution in [0.4, 0.5) is 8.78 Å². The number of sulfonamides is 1. The molecule has 1 aliphatic heterocycles. The quantitative estimate of drug-likeness (QED) is 0.595. The molecule has 0 atom stereocenters. The zero-order valence-corrected chi connectivity index (χ0v) is 17.2. The number of piperazine rings is 1. The van der Waals surface area contributed by atoms with Crippen molar-refractivity contribution < 1.29 is 22.0 Å². The Bertz CT molecular complexity index is 1170. The van der Waals surface area contributed by atoms with Crippen LogP contribution in [-0.4, -0.2) is 64.7 Å². The highest BCUT2D eigenvalue weighted by atomic mass is 32.2. The Hall–Kier alpha value is -3.18.